The van der Waals surface area contributed by atoms with E-state index in [-0.39, 0.29) is 5.91 Å². The van der Waals surface area contributed by atoms with Gasteiger partial charge in [0, 0.05) is 28.8 Å². The van der Waals surface area contributed by atoms with Gasteiger partial charge in [0.1, 0.15) is 0 Å². The third-order valence-electron chi connectivity index (χ3n) is 2.37. The van der Waals surface area contributed by atoms with Crippen molar-refractivity contribution in [1.82, 2.24) is 10.3 Å². The fourth-order valence-electron chi connectivity index (χ4n) is 1.59. The highest BCUT2D eigenvalue weighted by Crippen LogP contribution is 2.11. The van der Waals surface area contributed by atoms with Crippen LogP contribution in [0, 0.1) is 12.8 Å². The van der Waals surface area contributed by atoms with Crippen molar-refractivity contribution in [3.05, 3.63) is 29.6 Å². The molecule has 1 N–H and O–H groups in total. The molecule has 3 nitrogen and oxygen atoms in total. The van der Waals surface area contributed by atoms with E-state index in [9.17, 15) is 4.79 Å². The fourth-order valence-corrected chi connectivity index (χ4v) is 2.50. The Morgan fingerprint density at radius 2 is 2.24 bits per heavy atom. The van der Waals surface area contributed by atoms with Gasteiger partial charge in [-0.05, 0) is 31.4 Å². The zero-order valence-corrected chi connectivity index (χ0v) is 12.1. The summed E-state index contributed by atoms with van der Waals surface area (Å²) in [7, 11) is 0. The van der Waals surface area contributed by atoms with E-state index in [4.69, 9.17) is 0 Å². The molecule has 1 aromatic heterocycles. The minimum Gasteiger partial charge on any atom is -0.351 e. The second-order valence-electron chi connectivity index (χ2n) is 4.62. The molecule has 0 saturated carbocycles. The minimum atomic E-state index is -0.0382. The summed E-state index contributed by atoms with van der Waals surface area (Å²) < 4.78 is 0. The Balaban J connectivity index is 2.45. The molecule has 0 radical (unpaired) electrons. The van der Waals surface area contributed by atoms with Gasteiger partial charge in [0.05, 0.1) is 0 Å². The van der Waals surface area contributed by atoms with Gasteiger partial charge < -0.3 is 5.32 Å². The fraction of sp³-hybridized carbons (Fsp3) is 0.538. The lowest BCUT2D eigenvalue weighted by Gasteiger charge is -2.13. The Bertz CT molecular complexity index is 379. The highest BCUT2D eigenvalue weighted by molar-refractivity contribution is 9.09. The van der Waals surface area contributed by atoms with Crippen molar-refractivity contribution in [3.8, 4) is 0 Å². The molecule has 1 aromatic rings. The van der Waals surface area contributed by atoms with E-state index < -0.39 is 0 Å². The number of halogens is 1. The molecule has 1 atom stereocenters. The third-order valence-corrected chi connectivity index (χ3v) is 3.07. The van der Waals surface area contributed by atoms with Gasteiger partial charge in [0.15, 0.2) is 0 Å². The lowest BCUT2D eigenvalue weighted by atomic mass is 10.1. The molecule has 1 heterocycles. The summed E-state index contributed by atoms with van der Waals surface area (Å²) in [5, 5.41) is 2.92. The van der Waals surface area contributed by atoms with E-state index in [0.717, 1.165) is 12.1 Å². The Hall–Kier alpha value is -0.900. The number of carbonyl (C=O) groups excluding carboxylic acids is 1. The number of pyridine rings is 1. The molecule has 94 valence electrons. The van der Waals surface area contributed by atoms with Crippen LogP contribution < -0.4 is 5.32 Å². The largest absolute Gasteiger partial charge is 0.351 e. The van der Waals surface area contributed by atoms with Crippen LogP contribution in [-0.2, 0) is 0 Å². The first-order chi connectivity index (χ1) is 7.99. The van der Waals surface area contributed by atoms with Gasteiger partial charge in [-0.25, -0.2) is 0 Å². The highest BCUT2D eigenvalue weighted by Gasteiger charge is 2.10. The molecule has 0 aliphatic carbocycles. The zero-order valence-electron chi connectivity index (χ0n) is 10.5. The van der Waals surface area contributed by atoms with Crippen LogP contribution in [0.3, 0.4) is 0 Å². The summed E-state index contributed by atoms with van der Waals surface area (Å²) in [5.41, 5.74) is 1.52. The topological polar surface area (TPSA) is 42.0 Å². The summed E-state index contributed by atoms with van der Waals surface area (Å²) in [5.74, 6) is 0.586. The van der Waals surface area contributed by atoms with Crippen molar-refractivity contribution in [2.45, 2.75) is 32.0 Å². The number of nitrogens with zero attached hydrogens (tertiary/aromatic N) is 1. The first-order valence-corrected chi connectivity index (χ1v) is 6.75. The summed E-state index contributed by atoms with van der Waals surface area (Å²) in [6, 6.07) is 3.52. The van der Waals surface area contributed by atoms with Gasteiger partial charge in [-0.15, -0.1) is 0 Å². The maximum Gasteiger partial charge on any atom is 0.251 e. The molecule has 0 spiro atoms. The lowest BCUT2D eigenvalue weighted by molar-refractivity contribution is 0.0953. The van der Waals surface area contributed by atoms with Crippen molar-refractivity contribution in [2.24, 2.45) is 5.92 Å². The van der Waals surface area contributed by atoms with Gasteiger partial charge in [-0.3, -0.25) is 9.78 Å². The monoisotopic (exact) mass is 298 g/mol. The van der Waals surface area contributed by atoms with Crippen LogP contribution in [0.25, 0.3) is 0 Å². The first kappa shape index (κ1) is 14.2. The summed E-state index contributed by atoms with van der Waals surface area (Å²) in [6.07, 6.45) is 2.71. The predicted molar refractivity (Wildman–Crippen MR) is 73.5 cm³/mol. The molecule has 0 aliphatic heterocycles. The maximum atomic E-state index is 11.8. The molecule has 0 saturated heterocycles. The molecule has 1 unspecified atom stereocenters. The van der Waals surface area contributed by atoms with Crippen molar-refractivity contribution < 1.29 is 4.79 Å². The Morgan fingerprint density at radius 1 is 1.53 bits per heavy atom. The molecule has 0 aromatic carbocycles. The zero-order chi connectivity index (χ0) is 12.8. The van der Waals surface area contributed by atoms with E-state index in [0.29, 0.717) is 22.9 Å². The highest BCUT2D eigenvalue weighted by atomic mass is 79.9. The Labute approximate surface area is 111 Å². The van der Waals surface area contributed by atoms with Crippen molar-refractivity contribution in [1.29, 1.82) is 0 Å². The van der Waals surface area contributed by atoms with Crippen LogP contribution in [-0.4, -0.2) is 22.3 Å². The van der Waals surface area contributed by atoms with Crippen molar-refractivity contribution >= 4 is 21.8 Å². The van der Waals surface area contributed by atoms with Gasteiger partial charge >= 0.3 is 0 Å². The number of carbonyl (C=O) groups is 1. The van der Waals surface area contributed by atoms with Gasteiger partial charge in [0.2, 0.25) is 0 Å². The van der Waals surface area contributed by atoms with E-state index in [1.165, 1.54) is 0 Å². The van der Waals surface area contributed by atoms with Crippen LogP contribution in [0.15, 0.2) is 18.3 Å². The number of alkyl halides is 1. The summed E-state index contributed by atoms with van der Waals surface area (Å²) in [6.45, 7) is 6.87. The normalized spacial score (nSPS) is 12.5. The minimum absolute atomic E-state index is 0.0382. The van der Waals surface area contributed by atoms with Crippen LogP contribution in [0.2, 0.25) is 0 Å². The first-order valence-electron chi connectivity index (χ1n) is 5.84. The quantitative estimate of drug-likeness (QED) is 0.849. The number of nitrogens with one attached hydrogen (secondary N) is 1. The summed E-state index contributed by atoms with van der Waals surface area (Å²) >= 11 is 3.57. The molecule has 0 bridgehead atoms. The van der Waals surface area contributed by atoms with Crippen LogP contribution >= 0.6 is 15.9 Å². The molecular weight excluding hydrogens is 280 g/mol. The smallest absolute Gasteiger partial charge is 0.251 e. The van der Waals surface area contributed by atoms with E-state index in [2.05, 4.69) is 40.1 Å². The second-order valence-corrected chi connectivity index (χ2v) is 5.92. The van der Waals surface area contributed by atoms with Crippen molar-refractivity contribution in [2.75, 3.05) is 6.54 Å². The van der Waals surface area contributed by atoms with Gasteiger partial charge in [0.25, 0.3) is 5.91 Å². The molecule has 0 fully saturated rings. The van der Waals surface area contributed by atoms with Crippen LogP contribution in [0.4, 0.5) is 0 Å². The number of amides is 1. The molecule has 4 heteroatoms. The molecule has 17 heavy (non-hydrogen) atoms. The molecule has 1 amide bonds. The SMILES string of the molecule is Cc1cc(C(=O)NCC(Br)CC(C)C)ccn1. The second kappa shape index (κ2) is 6.74. The average Bonchev–Trinajstić information content (AvgIpc) is 2.25. The summed E-state index contributed by atoms with van der Waals surface area (Å²) in [4.78, 5) is 16.2. The van der Waals surface area contributed by atoms with E-state index >= 15 is 0 Å². The number of rotatable bonds is 5. The number of hydrogen-bond acceptors (Lipinski definition) is 2. The number of hydrogen-bond donors (Lipinski definition) is 1. The van der Waals surface area contributed by atoms with Crippen LogP contribution in [0.1, 0.15) is 36.3 Å². The number of aryl methyl sites for hydroxylation is 1. The van der Waals surface area contributed by atoms with Gasteiger partial charge in [-0.2, -0.15) is 0 Å². The molecular formula is C13H19BrN2O. The van der Waals surface area contributed by atoms with E-state index in [1.807, 2.05) is 6.92 Å². The van der Waals surface area contributed by atoms with Crippen molar-refractivity contribution in [3.63, 3.8) is 0 Å². The van der Waals surface area contributed by atoms with Gasteiger partial charge in [-0.1, -0.05) is 29.8 Å². The Morgan fingerprint density at radius 3 is 2.82 bits per heavy atom. The standard InChI is InChI=1S/C13H19BrN2O/c1-9(2)6-12(14)8-16-13(17)11-4-5-15-10(3)7-11/h4-5,7,9,12H,6,8H2,1-3H3,(H,16,17). The lowest BCUT2D eigenvalue weighted by Crippen LogP contribution is -2.30. The third kappa shape index (κ3) is 5.31. The van der Waals surface area contributed by atoms with E-state index in [1.54, 1.807) is 18.3 Å². The van der Waals surface area contributed by atoms with Crippen LogP contribution in [0.5, 0.6) is 0 Å². The molecule has 1 rings (SSSR count). The number of aromatic nitrogens is 1. The Kier molecular flexibility index (Phi) is 5.62. The average molecular weight is 299 g/mol. The predicted octanol–water partition coefficient (Wildman–Crippen LogP) is 2.93. The molecule has 0 aliphatic rings. The maximum absolute atomic E-state index is 11.8.